The number of halogens is 3. The number of hydrogen-bond acceptors (Lipinski definition) is 11. The maximum Gasteiger partial charge on any atom is 0.347 e. The van der Waals surface area contributed by atoms with E-state index in [1.807, 2.05) is 23.9 Å². The smallest absolute Gasteiger partial charge is 0.347 e. The summed E-state index contributed by atoms with van der Waals surface area (Å²) < 4.78 is 59.3. The molecule has 4 bridgehead atoms. The molecule has 6 unspecified atom stereocenters. The first-order valence-corrected chi connectivity index (χ1v) is 22.3. The van der Waals surface area contributed by atoms with Crippen molar-refractivity contribution < 1.29 is 27.8 Å². The van der Waals surface area contributed by atoms with Crippen LogP contribution in [0.1, 0.15) is 62.5 Å². The van der Waals surface area contributed by atoms with E-state index in [9.17, 15) is 27.9 Å². The van der Waals surface area contributed by atoms with Gasteiger partial charge in [0, 0.05) is 77.5 Å². The molecule has 10 rings (SSSR count). The van der Waals surface area contributed by atoms with Crippen LogP contribution in [0.15, 0.2) is 58.1 Å². The van der Waals surface area contributed by atoms with Gasteiger partial charge in [0.05, 0.1) is 44.6 Å². The van der Waals surface area contributed by atoms with Gasteiger partial charge >= 0.3 is 11.4 Å². The molecule has 0 aliphatic carbocycles. The van der Waals surface area contributed by atoms with E-state index in [0.29, 0.717) is 75.5 Å². The number of hydrogen-bond donors (Lipinski definition) is 1. The van der Waals surface area contributed by atoms with Crippen molar-refractivity contribution in [2.75, 3.05) is 50.1 Å². The molecule has 0 saturated carbocycles. The van der Waals surface area contributed by atoms with E-state index in [-0.39, 0.29) is 48.3 Å². The summed E-state index contributed by atoms with van der Waals surface area (Å²) in [6, 6.07) is 14.3. The lowest BCUT2D eigenvalue weighted by Crippen LogP contribution is -2.49. The maximum atomic E-state index is 15.0. The van der Waals surface area contributed by atoms with Gasteiger partial charge in [-0.25, -0.2) is 32.1 Å². The molecule has 2 aromatic carbocycles. The predicted octanol–water partition coefficient (Wildman–Crippen LogP) is 3.39. The van der Waals surface area contributed by atoms with Crippen LogP contribution >= 0.6 is 0 Å². The number of nitrogens with zero attached hydrogens (tertiary/aromatic N) is 10. The quantitative estimate of drug-likeness (QED) is 0.200. The zero-order valence-electron chi connectivity index (χ0n) is 35.7. The van der Waals surface area contributed by atoms with E-state index in [1.54, 1.807) is 33.4 Å². The van der Waals surface area contributed by atoms with Crippen molar-refractivity contribution in [2.24, 2.45) is 0 Å². The van der Waals surface area contributed by atoms with Gasteiger partial charge in [-0.05, 0) is 86.8 Å². The Morgan fingerprint density at radius 3 is 1.44 bits per heavy atom. The second-order valence-corrected chi connectivity index (χ2v) is 18.2. The first-order valence-electron chi connectivity index (χ1n) is 22.3. The number of ether oxygens (including phenoxy) is 2. The van der Waals surface area contributed by atoms with E-state index in [0.717, 1.165) is 75.6 Å². The molecule has 4 aromatic rings. The number of likely N-dealkylation sites (N-methyl/N-ethyl adjacent to an activating group) is 2. The van der Waals surface area contributed by atoms with Gasteiger partial charge in [0.1, 0.15) is 17.8 Å². The molecule has 62 heavy (non-hydrogen) atoms. The molecule has 0 spiro atoms. The average molecular weight is 865 g/mol. The summed E-state index contributed by atoms with van der Waals surface area (Å²) in [6.07, 6.45) is 6.51. The van der Waals surface area contributed by atoms with E-state index in [2.05, 4.69) is 20.0 Å². The molecular formula is C44H59F3N10O5. The normalized spacial score (nSPS) is 26.4. The van der Waals surface area contributed by atoms with Crippen LogP contribution in [0.25, 0.3) is 0 Å². The molecule has 0 radical (unpaired) electrons. The number of fused-ring (bicyclic) bond motifs is 6. The molecule has 2 aromatic heterocycles. The molecule has 1 N–H and O–H groups in total. The Morgan fingerprint density at radius 2 is 1.02 bits per heavy atom. The monoisotopic (exact) mass is 864 g/mol. The third-order valence-corrected chi connectivity index (χ3v) is 13.9. The zero-order valence-corrected chi connectivity index (χ0v) is 35.7. The summed E-state index contributed by atoms with van der Waals surface area (Å²) in [5.74, 6) is 0.821. The van der Waals surface area contributed by atoms with Crippen molar-refractivity contribution in [3.8, 4) is 0 Å². The Morgan fingerprint density at radius 1 is 0.613 bits per heavy atom. The number of aliphatic hydroxyl groups is 1. The summed E-state index contributed by atoms with van der Waals surface area (Å²) >= 11 is 0. The highest BCUT2D eigenvalue weighted by atomic mass is 19.1. The summed E-state index contributed by atoms with van der Waals surface area (Å²) in [5.41, 5.74) is 1.57. The number of anilines is 2. The molecule has 8 heterocycles. The lowest BCUT2D eigenvalue weighted by Gasteiger charge is -2.39. The fourth-order valence-corrected chi connectivity index (χ4v) is 10.6. The van der Waals surface area contributed by atoms with Crippen LogP contribution in [0.5, 0.6) is 0 Å². The summed E-state index contributed by atoms with van der Waals surface area (Å²) in [5, 5.41) is 19.4. The van der Waals surface area contributed by atoms with E-state index in [1.165, 1.54) is 33.6 Å². The number of benzene rings is 2. The molecule has 15 nitrogen and oxygen atoms in total. The zero-order chi connectivity index (χ0) is 43.1. The number of aliphatic hydroxyl groups excluding tert-OH is 1. The van der Waals surface area contributed by atoms with Crippen molar-refractivity contribution in [1.29, 1.82) is 0 Å². The molecule has 6 atom stereocenters. The van der Waals surface area contributed by atoms with Gasteiger partial charge in [-0.2, -0.15) is 0 Å². The van der Waals surface area contributed by atoms with Crippen molar-refractivity contribution in [3.63, 3.8) is 0 Å². The van der Waals surface area contributed by atoms with E-state index >= 15 is 0 Å². The van der Waals surface area contributed by atoms with Crippen LogP contribution in [-0.2, 0) is 48.9 Å². The highest BCUT2D eigenvalue weighted by molar-refractivity contribution is 5.32. The third-order valence-electron chi connectivity index (χ3n) is 13.9. The molecule has 18 heteroatoms. The van der Waals surface area contributed by atoms with Gasteiger partial charge < -0.3 is 24.4 Å². The van der Waals surface area contributed by atoms with Gasteiger partial charge in [0.2, 0.25) is 11.9 Å². The maximum absolute atomic E-state index is 15.0. The van der Waals surface area contributed by atoms with Crippen molar-refractivity contribution in [3.05, 3.63) is 92.3 Å². The molecule has 6 aliphatic heterocycles. The Balaban J connectivity index is 0.000000158. The minimum atomic E-state index is -1.14. The SMILES string of the molecule is CN1CCn2c1nn(CC(F)CN1C3CCC1CC(OCc1ccc(F)cc1)C3)c2=O.CN1CCn2c1nn(CC(O)CN1C3CCC1CC(OCc1ccc(F)cc1)C3)c2=O. The minimum Gasteiger partial charge on any atom is -0.390 e. The van der Waals surface area contributed by atoms with Crippen molar-refractivity contribution in [1.82, 2.24) is 38.5 Å². The fourth-order valence-electron chi connectivity index (χ4n) is 10.6. The fraction of sp³-hybridized carbons (Fsp3) is 0.636. The third kappa shape index (κ3) is 9.25. The topological polar surface area (TPSA) is 131 Å². The van der Waals surface area contributed by atoms with Gasteiger partial charge in [0.25, 0.3) is 0 Å². The molecule has 4 fully saturated rings. The highest BCUT2D eigenvalue weighted by Crippen LogP contribution is 2.39. The molecule has 336 valence electrons. The predicted molar refractivity (Wildman–Crippen MR) is 226 cm³/mol. The average Bonchev–Trinajstić information content (AvgIpc) is 4.06. The minimum absolute atomic E-state index is 0.00684. The molecule has 4 saturated heterocycles. The van der Waals surface area contributed by atoms with Gasteiger partial charge in [-0.1, -0.05) is 24.3 Å². The van der Waals surface area contributed by atoms with Crippen molar-refractivity contribution in [2.45, 2.75) is 139 Å². The lowest BCUT2D eigenvalue weighted by molar-refractivity contribution is -0.0402. The van der Waals surface area contributed by atoms with Crippen LogP contribution in [0.3, 0.4) is 0 Å². The van der Waals surface area contributed by atoms with Crippen LogP contribution in [-0.4, -0.2) is 133 Å². The van der Waals surface area contributed by atoms with Gasteiger partial charge in [-0.15, -0.1) is 10.2 Å². The van der Waals surface area contributed by atoms with Crippen molar-refractivity contribution >= 4 is 11.9 Å². The standard InChI is InChI=1S/C22H29F2N5O2.C22H30FN5O3/c1-26-8-9-27-21(26)25-29(22(27)30)13-17(24)12-28-18-6-7-19(28)11-20(10-18)31-14-15-2-4-16(23)5-3-15;1-25-8-9-26-21(25)24-28(22(26)30)13-19(29)12-27-17-6-7-18(27)11-20(10-17)31-14-15-2-4-16(23)5-3-15/h2-5,17-20H,6-14H2,1H3;2-5,17-20,29H,6-14H2,1H3. The summed E-state index contributed by atoms with van der Waals surface area (Å²) in [4.78, 5) is 33.5. The van der Waals surface area contributed by atoms with Crippen LogP contribution in [0, 0.1) is 11.6 Å². The molecule has 0 amide bonds. The van der Waals surface area contributed by atoms with Gasteiger partial charge in [0.15, 0.2) is 0 Å². The largest absolute Gasteiger partial charge is 0.390 e. The number of piperidine rings is 2. The lowest BCUT2D eigenvalue weighted by atomic mass is 9.99. The summed E-state index contributed by atoms with van der Waals surface area (Å²) in [7, 11) is 3.81. The first kappa shape index (κ1) is 42.8. The summed E-state index contributed by atoms with van der Waals surface area (Å²) in [6.45, 7) is 4.86. The number of aromatic nitrogens is 6. The van der Waals surface area contributed by atoms with E-state index < -0.39 is 12.3 Å². The van der Waals surface area contributed by atoms with Crippen LogP contribution in [0.4, 0.5) is 25.1 Å². The molecular weight excluding hydrogens is 806 g/mol. The Hall–Kier alpha value is -4.49. The Kier molecular flexibility index (Phi) is 12.6. The Bertz CT molecular complexity index is 2080. The Labute approximate surface area is 359 Å². The van der Waals surface area contributed by atoms with Crippen LogP contribution in [0.2, 0.25) is 0 Å². The van der Waals surface area contributed by atoms with Gasteiger partial charge in [-0.3, -0.25) is 18.9 Å². The van der Waals surface area contributed by atoms with E-state index in [4.69, 9.17) is 9.47 Å². The number of rotatable bonds is 14. The number of alkyl halides is 1. The highest BCUT2D eigenvalue weighted by Gasteiger charge is 2.43. The second-order valence-electron chi connectivity index (χ2n) is 18.2. The second kappa shape index (κ2) is 18.3. The first-order chi connectivity index (χ1) is 29.9. The molecule has 6 aliphatic rings. The van der Waals surface area contributed by atoms with Crippen LogP contribution < -0.4 is 21.2 Å².